The molecule has 7 heteroatoms. The van der Waals surface area contributed by atoms with Gasteiger partial charge in [0, 0.05) is 23.2 Å². The van der Waals surface area contributed by atoms with Gasteiger partial charge in [-0.05, 0) is 31.9 Å². The topological polar surface area (TPSA) is 79.0 Å². The lowest BCUT2D eigenvalue weighted by molar-refractivity contribution is -0.383. The summed E-state index contributed by atoms with van der Waals surface area (Å²) in [5.41, 5.74) is 0.844. The minimum absolute atomic E-state index is 0.0705. The maximum Gasteiger partial charge on any atom is 0.277 e. The quantitative estimate of drug-likeness (QED) is 0.620. The second-order valence-corrected chi connectivity index (χ2v) is 8.25. The molecule has 2 aromatic carbocycles. The Labute approximate surface area is 162 Å². The summed E-state index contributed by atoms with van der Waals surface area (Å²) in [5.74, 6) is 0.817. The summed E-state index contributed by atoms with van der Waals surface area (Å²) >= 11 is 1.67. The summed E-state index contributed by atoms with van der Waals surface area (Å²) in [4.78, 5) is 18.2. The first-order valence-electron chi connectivity index (χ1n) is 9.40. The van der Waals surface area contributed by atoms with Gasteiger partial charge in [-0.3, -0.25) is 10.1 Å². The van der Waals surface area contributed by atoms with Crippen molar-refractivity contribution in [3.05, 3.63) is 46.5 Å². The Kier molecular flexibility index (Phi) is 5.06. The Balaban J connectivity index is 1.78. The van der Waals surface area contributed by atoms with Gasteiger partial charge >= 0.3 is 0 Å². The van der Waals surface area contributed by atoms with Crippen molar-refractivity contribution in [3.63, 3.8) is 0 Å². The third-order valence-electron chi connectivity index (χ3n) is 5.53. The third-order valence-corrected chi connectivity index (χ3v) is 6.60. The molecule has 0 radical (unpaired) electrons. The molecule has 0 bridgehead atoms. The summed E-state index contributed by atoms with van der Waals surface area (Å²) in [6.07, 6.45) is 4.27. The van der Waals surface area contributed by atoms with Crippen molar-refractivity contribution >= 4 is 39.1 Å². The number of hydrogen-bond donors (Lipinski definition) is 1. The van der Waals surface area contributed by atoms with Gasteiger partial charge in [0.05, 0.1) is 28.1 Å². The summed E-state index contributed by atoms with van der Waals surface area (Å²) in [5, 5.41) is 23.9. The number of non-ortho nitro benzene ring substituents is 1. The zero-order valence-corrected chi connectivity index (χ0v) is 16.1. The zero-order chi connectivity index (χ0) is 19.0. The van der Waals surface area contributed by atoms with Crippen LogP contribution in [0.3, 0.4) is 0 Å². The number of rotatable bonds is 4. The number of amidine groups is 1. The molecule has 27 heavy (non-hydrogen) atoms. The Bertz CT molecular complexity index is 893. The van der Waals surface area contributed by atoms with Crippen molar-refractivity contribution in [1.82, 2.24) is 4.90 Å². The van der Waals surface area contributed by atoms with Crippen molar-refractivity contribution in [1.29, 1.82) is 0 Å². The van der Waals surface area contributed by atoms with E-state index in [4.69, 9.17) is 4.99 Å². The fourth-order valence-electron chi connectivity index (χ4n) is 4.15. The molecule has 1 aliphatic heterocycles. The van der Waals surface area contributed by atoms with E-state index in [1.807, 2.05) is 25.1 Å². The standard InChI is InChI=1S/C20H23N3O3S/c1-13(24)19-12-27-20(22(19)14-6-2-3-7-14)21-17-10-11-18(23(25)26)16-9-5-4-8-15(16)17/h4-5,8-11,13-14,19,24H,2-3,6-7,12H2,1H3/t13-,19+/m1/s1. The average Bonchev–Trinajstić information content (AvgIpc) is 3.31. The first-order valence-corrected chi connectivity index (χ1v) is 10.4. The number of benzene rings is 2. The van der Waals surface area contributed by atoms with Crippen molar-refractivity contribution in [2.24, 2.45) is 4.99 Å². The minimum atomic E-state index is -0.417. The molecule has 142 valence electrons. The van der Waals surface area contributed by atoms with Gasteiger partial charge < -0.3 is 10.0 Å². The van der Waals surface area contributed by atoms with Crippen LogP contribution in [0.5, 0.6) is 0 Å². The highest BCUT2D eigenvalue weighted by molar-refractivity contribution is 8.14. The highest BCUT2D eigenvalue weighted by Gasteiger charge is 2.39. The molecule has 1 aliphatic carbocycles. The lowest BCUT2D eigenvalue weighted by atomic mass is 10.1. The van der Waals surface area contributed by atoms with Crippen molar-refractivity contribution in [2.75, 3.05) is 5.75 Å². The van der Waals surface area contributed by atoms with E-state index in [0.717, 1.165) is 34.8 Å². The Morgan fingerprint density at radius 1 is 1.22 bits per heavy atom. The molecule has 0 spiro atoms. The van der Waals surface area contributed by atoms with Crippen LogP contribution in [0.25, 0.3) is 10.8 Å². The molecule has 1 heterocycles. The number of nitrogens with zero attached hydrogens (tertiary/aromatic N) is 3. The van der Waals surface area contributed by atoms with E-state index >= 15 is 0 Å². The SMILES string of the molecule is C[C@@H](O)[C@@H]1CSC(=Nc2ccc([N+](=O)[O-])c3ccccc23)N1C1CCCC1. The fraction of sp³-hybridized carbons (Fsp3) is 0.450. The van der Waals surface area contributed by atoms with Gasteiger partial charge in [0.15, 0.2) is 5.17 Å². The van der Waals surface area contributed by atoms with E-state index in [-0.39, 0.29) is 16.7 Å². The number of thioether (sulfide) groups is 1. The smallest absolute Gasteiger partial charge is 0.277 e. The van der Waals surface area contributed by atoms with Gasteiger partial charge in [0.1, 0.15) is 0 Å². The van der Waals surface area contributed by atoms with Gasteiger partial charge in [-0.2, -0.15) is 0 Å². The van der Waals surface area contributed by atoms with Crippen molar-refractivity contribution in [3.8, 4) is 0 Å². The van der Waals surface area contributed by atoms with Crippen molar-refractivity contribution in [2.45, 2.75) is 50.8 Å². The molecule has 0 unspecified atom stereocenters. The normalized spacial score (nSPS) is 23.4. The molecule has 2 atom stereocenters. The van der Waals surface area contributed by atoms with E-state index in [2.05, 4.69) is 4.90 Å². The van der Waals surface area contributed by atoms with E-state index in [1.165, 1.54) is 18.9 Å². The number of hydrogen-bond acceptors (Lipinski definition) is 5. The first-order chi connectivity index (χ1) is 13.1. The second kappa shape index (κ2) is 7.48. The van der Waals surface area contributed by atoms with Gasteiger partial charge in [0.25, 0.3) is 5.69 Å². The van der Waals surface area contributed by atoms with Crippen LogP contribution in [0.4, 0.5) is 11.4 Å². The average molecular weight is 385 g/mol. The Morgan fingerprint density at radius 2 is 1.93 bits per heavy atom. The van der Waals surface area contributed by atoms with Crippen LogP contribution in [0.15, 0.2) is 41.4 Å². The number of nitro benzene ring substituents is 1. The maximum absolute atomic E-state index is 11.3. The van der Waals surface area contributed by atoms with Crippen LogP contribution in [-0.2, 0) is 0 Å². The van der Waals surface area contributed by atoms with Crippen LogP contribution in [-0.4, -0.2) is 44.0 Å². The Morgan fingerprint density at radius 3 is 2.59 bits per heavy atom. The third kappa shape index (κ3) is 3.41. The molecule has 2 fully saturated rings. The number of aliphatic hydroxyl groups excluding tert-OH is 1. The maximum atomic E-state index is 11.3. The molecule has 1 saturated carbocycles. The molecule has 1 N–H and O–H groups in total. The van der Waals surface area contributed by atoms with Crippen LogP contribution >= 0.6 is 11.8 Å². The monoisotopic (exact) mass is 385 g/mol. The molecule has 0 aromatic heterocycles. The van der Waals surface area contributed by atoms with Gasteiger partial charge in [-0.1, -0.05) is 42.8 Å². The summed E-state index contributed by atoms with van der Waals surface area (Å²) < 4.78 is 0. The number of aliphatic hydroxyl groups is 1. The zero-order valence-electron chi connectivity index (χ0n) is 15.2. The number of aliphatic imine (C=N–C) groups is 1. The van der Waals surface area contributed by atoms with E-state index in [9.17, 15) is 15.2 Å². The molecular formula is C20H23N3O3S. The Hall–Kier alpha value is -2.12. The predicted molar refractivity (Wildman–Crippen MR) is 110 cm³/mol. The molecule has 6 nitrogen and oxygen atoms in total. The van der Waals surface area contributed by atoms with Crippen LogP contribution < -0.4 is 0 Å². The van der Waals surface area contributed by atoms with Gasteiger partial charge in [-0.15, -0.1) is 0 Å². The number of nitro groups is 1. The minimum Gasteiger partial charge on any atom is -0.391 e. The summed E-state index contributed by atoms with van der Waals surface area (Å²) in [6.45, 7) is 1.84. The predicted octanol–water partition coefficient (Wildman–Crippen LogP) is 4.48. The lowest BCUT2D eigenvalue weighted by Crippen LogP contribution is -2.46. The molecule has 4 rings (SSSR count). The molecule has 0 amide bonds. The molecular weight excluding hydrogens is 362 g/mol. The summed E-state index contributed by atoms with van der Waals surface area (Å²) in [7, 11) is 0. The molecule has 2 aliphatic rings. The second-order valence-electron chi connectivity index (χ2n) is 7.27. The highest BCUT2D eigenvalue weighted by Crippen LogP contribution is 2.38. The highest BCUT2D eigenvalue weighted by atomic mass is 32.2. The van der Waals surface area contributed by atoms with Crippen LogP contribution in [0, 0.1) is 10.1 Å². The van der Waals surface area contributed by atoms with E-state index < -0.39 is 6.10 Å². The van der Waals surface area contributed by atoms with Crippen molar-refractivity contribution < 1.29 is 10.0 Å². The van der Waals surface area contributed by atoms with Crippen LogP contribution in [0.1, 0.15) is 32.6 Å². The van der Waals surface area contributed by atoms with Crippen LogP contribution in [0.2, 0.25) is 0 Å². The van der Waals surface area contributed by atoms with E-state index in [1.54, 1.807) is 23.9 Å². The fourth-order valence-corrected chi connectivity index (χ4v) is 5.51. The largest absolute Gasteiger partial charge is 0.391 e. The summed E-state index contributed by atoms with van der Waals surface area (Å²) in [6, 6.07) is 11.1. The molecule has 2 aromatic rings. The van der Waals surface area contributed by atoms with Gasteiger partial charge in [0.2, 0.25) is 0 Å². The molecule has 1 saturated heterocycles. The number of fused-ring (bicyclic) bond motifs is 1. The first kappa shape index (κ1) is 18.3. The lowest BCUT2D eigenvalue weighted by Gasteiger charge is -2.33. The van der Waals surface area contributed by atoms with Gasteiger partial charge in [-0.25, -0.2) is 4.99 Å². The van der Waals surface area contributed by atoms with E-state index in [0.29, 0.717) is 11.4 Å².